The number of aromatic nitrogens is 2. The first-order valence-electron chi connectivity index (χ1n) is 13.9. The lowest BCUT2D eigenvalue weighted by Gasteiger charge is -2.38. The van der Waals surface area contributed by atoms with Crippen molar-refractivity contribution in [3.05, 3.63) is 125 Å². The molecule has 4 aromatic rings. The smallest absolute Gasteiger partial charge is 0.296 e. The molecule has 3 aromatic carbocycles. The summed E-state index contributed by atoms with van der Waals surface area (Å²) in [5, 5.41) is 5.45. The fourth-order valence-electron chi connectivity index (χ4n) is 5.57. The second kappa shape index (κ2) is 14.9. The molecule has 47 heavy (non-hydrogen) atoms. The standard InChI is InChI=1S/C32H28F4N4O4S.2H2S/c1-3-39-30-29(26(19-37-45(43,44)4-2)38-40(30)24-11-6-5-7-12-24)28(20-13-15-23(33)16-14-20)25(31(39)42)18-27(41)21-9-8-10-22(17-21)32(34,35)36;;/h4-17,25,28,37H,2-3,18-19H2,1H3;2*1H2/t25-,28+;;/m0../s1. The molecule has 1 aliphatic heterocycles. The number of sulfonamides is 1. The minimum absolute atomic E-state index is 0. The molecule has 1 aliphatic rings. The number of hydrogen-bond donors (Lipinski definition) is 1. The number of nitrogens with zero attached hydrogens (tertiary/aromatic N) is 3. The number of hydrogen-bond acceptors (Lipinski definition) is 5. The van der Waals surface area contributed by atoms with Gasteiger partial charge in [-0.3, -0.25) is 14.5 Å². The predicted molar refractivity (Wildman–Crippen MR) is 180 cm³/mol. The van der Waals surface area contributed by atoms with E-state index < -0.39 is 57.5 Å². The molecule has 0 radical (unpaired) electrons. The molecule has 0 saturated carbocycles. The number of carbonyl (C=O) groups excluding carboxylic acids is 2. The van der Waals surface area contributed by atoms with Crippen LogP contribution >= 0.6 is 27.0 Å². The van der Waals surface area contributed by atoms with Crippen LogP contribution in [0.15, 0.2) is 90.8 Å². The summed E-state index contributed by atoms with van der Waals surface area (Å²) in [6.45, 7) is 4.85. The van der Waals surface area contributed by atoms with E-state index >= 15 is 0 Å². The molecular weight excluding hydrogens is 677 g/mol. The summed E-state index contributed by atoms with van der Waals surface area (Å²) in [4.78, 5) is 29.3. The third-order valence-corrected chi connectivity index (χ3v) is 8.63. The van der Waals surface area contributed by atoms with Gasteiger partial charge < -0.3 is 0 Å². The van der Waals surface area contributed by atoms with Crippen LogP contribution < -0.4 is 9.62 Å². The van der Waals surface area contributed by atoms with E-state index in [0.717, 1.165) is 23.6 Å². The summed E-state index contributed by atoms with van der Waals surface area (Å²) < 4.78 is 83.0. The highest BCUT2D eigenvalue weighted by atomic mass is 32.2. The van der Waals surface area contributed by atoms with E-state index in [4.69, 9.17) is 5.10 Å². The van der Waals surface area contributed by atoms with Gasteiger partial charge in [0.05, 0.1) is 29.4 Å². The van der Waals surface area contributed by atoms with Gasteiger partial charge >= 0.3 is 6.18 Å². The van der Waals surface area contributed by atoms with Gasteiger partial charge in [0, 0.05) is 35.4 Å². The van der Waals surface area contributed by atoms with Gasteiger partial charge in [-0.2, -0.15) is 45.3 Å². The van der Waals surface area contributed by atoms with Crippen LogP contribution in [-0.4, -0.2) is 36.4 Å². The fraction of sp³-hybridized carbons (Fsp3) is 0.219. The summed E-state index contributed by atoms with van der Waals surface area (Å²) >= 11 is 0. The van der Waals surface area contributed by atoms with E-state index in [1.165, 1.54) is 39.9 Å². The molecule has 0 aliphatic carbocycles. The molecule has 0 bridgehead atoms. The second-order valence-corrected chi connectivity index (χ2v) is 12.1. The van der Waals surface area contributed by atoms with Crippen molar-refractivity contribution in [3.8, 4) is 5.69 Å². The number of fused-ring (bicyclic) bond motifs is 1. The van der Waals surface area contributed by atoms with E-state index in [2.05, 4.69) is 11.3 Å². The van der Waals surface area contributed by atoms with Crippen LogP contribution in [0.3, 0.4) is 0 Å². The Bertz CT molecular complexity index is 1870. The highest BCUT2D eigenvalue weighted by molar-refractivity contribution is 7.92. The third-order valence-electron chi connectivity index (χ3n) is 7.65. The van der Waals surface area contributed by atoms with E-state index in [9.17, 15) is 35.6 Å². The normalized spacial score (nSPS) is 16.1. The topological polar surface area (TPSA) is 101 Å². The Labute approximate surface area is 283 Å². The van der Waals surface area contributed by atoms with Gasteiger partial charge in [-0.15, -0.1) is 0 Å². The van der Waals surface area contributed by atoms with Crippen LogP contribution in [-0.2, 0) is 27.5 Å². The van der Waals surface area contributed by atoms with Crippen molar-refractivity contribution in [1.29, 1.82) is 0 Å². The van der Waals surface area contributed by atoms with E-state index in [0.29, 0.717) is 22.6 Å². The molecule has 1 N–H and O–H groups in total. The molecule has 0 unspecified atom stereocenters. The number of nitrogens with one attached hydrogen (secondary N) is 1. The number of ketones is 1. The summed E-state index contributed by atoms with van der Waals surface area (Å²) in [5.74, 6) is -3.49. The van der Waals surface area contributed by atoms with Crippen LogP contribution in [0.1, 0.15) is 52.0 Å². The molecule has 15 heteroatoms. The first-order chi connectivity index (χ1) is 21.3. The van der Waals surface area contributed by atoms with Crippen molar-refractivity contribution < 1.29 is 35.6 Å². The SMILES string of the molecule is C=CS(=O)(=O)NCc1nn(-c2ccccc2)c2c1[C@H](c1ccc(F)cc1)[C@H](CC(=O)c1cccc(C(F)(F)F)c1)C(=O)N2CC.S.S. The lowest BCUT2D eigenvalue weighted by atomic mass is 9.74. The predicted octanol–water partition coefficient (Wildman–Crippen LogP) is 6.21. The Balaban J connectivity index is 0.00000300. The Hall–Kier alpha value is -3.92. The van der Waals surface area contributed by atoms with Crippen LogP contribution in [0.25, 0.3) is 5.69 Å². The summed E-state index contributed by atoms with van der Waals surface area (Å²) in [7, 11) is -3.91. The first kappa shape index (κ1) is 37.5. The fourth-order valence-corrected chi connectivity index (χ4v) is 6.02. The van der Waals surface area contributed by atoms with Gasteiger partial charge in [-0.25, -0.2) is 22.2 Å². The largest absolute Gasteiger partial charge is 0.416 e. The van der Waals surface area contributed by atoms with Gasteiger partial charge in [-0.1, -0.05) is 49.0 Å². The number of halogens is 4. The molecule has 5 rings (SSSR count). The Morgan fingerprint density at radius 1 is 1.02 bits per heavy atom. The number of rotatable bonds is 10. The number of alkyl halides is 3. The maximum absolute atomic E-state index is 14.3. The zero-order valence-electron chi connectivity index (χ0n) is 25.0. The van der Waals surface area contributed by atoms with Crippen molar-refractivity contribution in [3.63, 3.8) is 0 Å². The van der Waals surface area contributed by atoms with Crippen LogP contribution in [0.5, 0.6) is 0 Å². The number of amides is 1. The van der Waals surface area contributed by atoms with E-state index in [1.54, 1.807) is 37.3 Å². The van der Waals surface area contributed by atoms with E-state index in [-0.39, 0.29) is 51.3 Å². The van der Waals surface area contributed by atoms with Crippen LogP contribution in [0.2, 0.25) is 0 Å². The quantitative estimate of drug-likeness (QED) is 0.156. The van der Waals surface area contributed by atoms with E-state index in [1.807, 2.05) is 0 Å². The van der Waals surface area contributed by atoms with Gasteiger partial charge in [0.2, 0.25) is 15.9 Å². The molecule has 1 amide bonds. The molecule has 0 fully saturated rings. The van der Waals surface area contributed by atoms with Crippen LogP contribution in [0, 0.1) is 11.7 Å². The average molecular weight is 709 g/mol. The monoisotopic (exact) mass is 708 g/mol. The summed E-state index contributed by atoms with van der Waals surface area (Å²) in [6.07, 6.45) is -5.16. The third kappa shape index (κ3) is 7.80. The molecule has 0 saturated heterocycles. The number of para-hydroxylation sites is 1. The first-order valence-corrected chi connectivity index (χ1v) is 15.5. The summed E-state index contributed by atoms with van der Waals surface area (Å²) in [5.41, 5.74) is 0.426. The van der Waals surface area contributed by atoms with Gasteiger partial charge in [0.1, 0.15) is 11.6 Å². The molecule has 8 nitrogen and oxygen atoms in total. The van der Waals surface area contributed by atoms with Crippen LogP contribution in [0.4, 0.5) is 23.4 Å². The lowest BCUT2D eigenvalue weighted by Crippen LogP contribution is -2.45. The average Bonchev–Trinajstić information content (AvgIpc) is 3.40. The lowest BCUT2D eigenvalue weighted by molar-refractivity contribution is -0.137. The Kier molecular flexibility index (Phi) is 11.9. The van der Waals surface area contributed by atoms with Crippen molar-refractivity contribution in [2.75, 3.05) is 11.4 Å². The minimum Gasteiger partial charge on any atom is -0.296 e. The molecule has 0 spiro atoms. The molecule has 2 atom stereocenters. The number of carbonyl (C=O) groups is 2. The maximum Gasteiger partial charge on any atom is 0.416 e. The van der Waals surface area contributed by atoms with Gasteiger partial charge in [0.15, 0.2) is 5.78 Å². The van der Waals surface area contributed by atoms with Crippen molar-refractivity contribution in [2.45, 2.75) is 32.0 Å². The van der Waals surface area contributed by atoms with Crippen molar-refractivity contribution >= 4 is 54.5 Å². The van der Waals surface area contributed by atoms with Crippen molar-refractivity contribution in [2.24, 2.45) is 5.92 Å². The minimum atomic E-state index is -4.68. The van der Waals surface area contributed by atoms with Gasteiger partial charge in [-0.05, 0) is 48.9 Å². The highest BCUT2D eigenvalue weighted by Crippen LogP contribution is 2.47. The number of benzene rings is 3. The zero-order valence-corrected chi connectivity index (χ0v) is 27.8. The van der Waals surface area contributed by atoms with Gasteiger partial charge in [0.25, 0.3) is 0 Å². The maximum atomic E-state index is 14.3. The number of anilines is 1. The molecule has 1 aromatic heterocycles. The second-order valence-electron chi connectivity index (χ2n) is 10.4. The number of Topliss-reactive ketones (excluding diaryl/α,β-unsaturated/α-hetero) is 1. The molecular formula is C32H32F4N4O4S3. The highest BCUT2D eigenvalue weighted by Gasteiger charge is 2.46. The molecule has 250 valence electrons. The molecule has 2 heterocycles. The van der Waals surface area contributed by atoms with Crippen molar-refractivity contribution in [1.82, 2.24) is 14.5 Å². The Morgan fingerprint density at radius 3 is 2.28 bits per heavy atom. The Morgan fingerprint density at radius 2 is 1.68 bits per heavy atom. The zero-order chi connectivity index (χ0) is 32.5. The summed E-state index contributed by atoms with van der Waals surface area (Å²) in [6, 6.07) is 18.1.